The summed E-state index contributed by atoms with van der Waals surface area (Å²) >= 11 is 4.85. The number of hydrogen-bond acceptors (Lipinski definition) is 5. The minimum atomic E-state index is -0.0819. The van der Waals surface area contributed by atoms with E-state index in [0.717, 1.165) is 27.2 Å². The van der Waals surface area contributed by atoms with Gasteiger partial charge in [0.25, 0.3) is 0 Å². The number of halogens is 1. The van der Waals surface area contributed by atoms with Gasteiger partial charge in [0.1, 0.15) is 0 Å². The molecule has 1 atom stereocenters. The number of amides is 1. The summed E-state index contributed by atoms with van der Waals surface area (Å²) in [5, 5.41) is 12.4. The second kappa shape index (κ2) is 9.56. The summed E-state index contributed by atoms with van der Waals surface area (Å²) in [5.74, 6) is 1.00. The molecule has 0 radical (unpaired) electrons. The zero-order valence-corrected chi connectivity index (χ0v) is 19.3. The fourth-order valence-corrected chi connectivity index (χ4v) is 3.75. The minimum absolute atomic E-state index is 0.0802. The van der Waals surface area contributed by atoms with Crippen LogP contribution in [0.1, 0.15) is 24.4 Å². The maximum Gasteiger partial charge on any atom is 0.234 e. The van der Waals surface area contributed by atoms with Crippen molar-refractivity contribution in [2.45, 2.75) is 25.0 Å². The monoisotopic (exact) mass is 473 g/mol. The lowest BCUT2D eigenvalue weighted by Crippen LogP contribution is -2.21. The van der Waals surface area contributed by atoms with Gasteiger partial charge in [0, 0.05) is 15.8 Å². The molecule has 1 N–H and O–H groups in total. The zero-order chi connectivity index (χ0) is 21.0. The van der Waals surface area contributed by atoms with E-state index in [0.29, 0.717) is 5.16 Å². The van der Waals surface area contributed by atoms with Gasteiger partial charge in [0.2, 0.25) is 5.91 Å². The van der Waals surface area contributed by atoms with Crippen LogP contribution in [0.4, 0.5) is 5.69 Å². The molecule has 6 nitrogen and oxygen atoms in total. The van der Waals surface area contributed by atoms with Crippen LogP contribution in [-0.2, 0) is 4.79 Å². The molecule has 3 rings (SSSR count). The van der Waals surface area contributed by atoms with Crippen molar-refractivity contribution in [2.24, 2.45) is 0 Å². The number of anilines is 1. The number of para-hydroxylation sites is 1. The van der Waals surface area contributed by atoms with Crippen LogP contribution in [0.15, 0.2) is 58.2 Å². The van der Waals surface area contributed by atoms with Crippen molar-refractivity contribution in [1.29, 1.82) is 0 Å². The fraction of sp³-hybridized carbons (Fsp3) is 0.286. The summed E-state index contributed by atoms with van der Waals surface area (Å²) in [6.07, 6.45) is 0. The first-order chi connectivity index (χ1) is 13.9. The van der Waals surface area contributed by atoms with Gasteiger partial charge in [-0.2, -0.15) is 0 Å². The first-order valence-electron chi connectivity index (χ1n) is 9.22. The molecule has 0 aliphatic rings. The van der Waals surface area contributed by atoms with Gasteiger partial charge in [0.05, 0.1) is 11.8 Å². The van der Waals surface area contributed by atoms with Crippen molar-refractivity contribution in [1.82, 2.24) is 19.7 Å². The van der Waals surface area contributed by atoms with Gasteiger partial charge in [-0.05, 0) is 63.8 Å². The molecule has 1 amide bonds. The Morgan fingerprint density at radius 1 is 1.21 bits per heavy atom. The number of carbonyl (C=O) groups excluding carboxylic acids is 1. The Morgan fingerprint density at radius 2 is 1.93 bits per heavy atom. The smallest absolute Gasteiger partial charge is 0.234 e. The van der Waals surface area contributed by atoms with Crippen molar-refractivity contribution < 1.29 is 4.79 Å². The Morgan fingerprint density at radius 3 is 2.59 bits per heavy atom. The number of carbonyl (C=O) groups is 1. The van der Waals surface area contributed by atoms with Gasteiger partial charge in [-0.1, -0.05) is 45.9 Å². The first kappa shape index (κ1) is 21.5. The Bertz CT molecular complexity index is 990. The van der Waals surface area contributed by atoms with E-state index < -0.39 is 0 Å². The predicted octanol–water partition coefficient (Wildman–Crippen LogP) is 4.69. The molecule has 0 fully saturated rings. The molecule has 0 saturated heterocycles. The van der Waals surface area contributed by atoms with Crippen LogP contribution < -0.4 is 5.32 Å². The second-order valence-corrected chi connectivity index (χ2v) is 8.75. The molecule has 0 bridgehead atoms. The Kier molecular flexibility index (Phi) is 7.10. The lowest BCUT2D eigenvalue weighted by atomic mass is 10.2. The van der Waals surface area contributed by atoms with Crippen molar-refractivity contribution in [2.75, 3.05) is 25.2 Å². The largest absolute Gasteiger partial charge is 0.325 e. The van der Waals surface area contributed by atoms with E-state index in [-0.39, 0.29) is 17.7 Å². The Labute approximate surface area is 183 Å². The summed E-state index contributed by atoms with van der Waals surface area (Å²) in [4.78, 5) is 14.6. The van der Waals surface area contributed by atoms with Gasteiger partial charge in [0.15, 0.2) is 11.0 Å². The van der Waals surface area contributed by atoms with Crippen LogP contribution in [0.25, 0.3) is 5.69 Å². The van der Waals surface area contributed by atoms with Gasteiger partial charge in [-0.3, -0.25) is 14.3 Å². The predicted molar refractivity (Wildman–Crippen MR) is 122 cm³/mol. The summed E-state index contributed by atoms with van der Waals surface area (Å²) in [6, 6.07) is 15.8. The Balaban J connectivity index is 1.78. The van der Waals surface area contributed by atoms with Crippen LogP contribution in [0.5, 0.6) is 0 Å². The minimum Gasteiger partial charge on any atom is -0.325 e. The molecule has 0 aliphatic carbocycles. The van der Waals surface area contributed by atoms with Gasteiger partial charge < -0.3 is 5.32 Å². The molecule has 1 unspecified atom stereocenters. The molecule has 152 valence electrons. The van der Waals surface area contributed by atoms with E-state index in [1.807, 2.05) is 74.1 Å². The number of hydrogen-bond donors (Lipinski definition) is 1. The maximum absolute atomic E-state index is 12.5. The average Bonchev–Trinajstić information content (AvgIpc) is 3.13. The topological polar surface area (TPSA) is 63.1 Å². The van der Waals surface area contributed by atoms with Gasteiger partial charge in [-0.15, -0.1) is 10.2 Å². The van der Waals surface area contributed by atoms with E-state index in [4.69, 9.17) is 0 Å². The third kappa shape index (κ3) is 5.26. The molecule has 1 aromatic heterocycles. The molecular weight excluding hydrogens is 450 g/mol. The highest BCUT2D eigenvalue weighted by molar-refractivity contribution is 9.10. The van der Waals surface area contributed by atoms with Crippen molar-refractivity contribution in [3.63, 3.8) is 0 Å². The normalized spacial score (nSPS) is 12.2. The fourth-order valence-electron chi connectivity index (χ4n) is 2.75. The summed E-state index contributed by atoms with van der Waals surface area (Å²) in [7, 11) is 4.02. The quantitative estimate of drug-likeness (QED) is 0.504. The number of benzene rings is 2. The van der Waals surface area contributed by atoms with Crippen LogP contribution in [0, 0.1) is 6.92 Å². The van der Waals surface area contributed by atoms with E-state index >= 15 is 0 Å². The zero-order valence-electron chi connectivity index (χ0n) is 16.9. The highest BCUT2D eigenvalue weighted by Gasteiger charge is 2.21. The highest BCUT2D eigenvalue weighted by Crippen LogP contribution is 2.27. The molecule has 0 spiro atoms. The number of aromatic nitrogens is 3. The maximum atomic E-state index is 12.5. The SMILES string of the molecule is Cc1cc(NC(=O)CSc2nnc(C(C)N(C)C)n2-c2ccccc2)ccc1Br. The molecule has 0 aliphatic heterocycles. The second-order valence-electron chi connectivity index (χ2n) is 6.95. The molecular formula is C21H24BrN5OS. The molecule has 29 heavy (non-hydrogen) atoms. The number of aryl methyl sites for hydroxylation is 1. The van der Waals surface area contributed by atoms with E-state index in [2.05, 4.69) is 43.3 Å². The van der Waals surface area contributed by atoms with Gasteiger partial charge in [-0.25, -0.2) is 0 Å². The lowest BCUT2D eigenvalue weighted by molar-refractivity contribution is -0.113. The lowest BCUT2D eigenvalue weighted by Gasteiger charge is -2.20. The Hall–Kier alpha value is -2.16. The third-order valence-electron chi connectivity index (χ3n) is 4.60. The molecule has 1 heterocycles. The third-order valence-corrected chi connectivity index (χ3v) is 6.41. The molecule has 8 heteroatoms. The number of nitrogens with one attached hydrogen (secondary N) is 1. The van der Waals surface area contributed by atoms with Crippen LogP contribution >= 0.6 is 27.7 Å². The number of thioether (sulfide) groups is 1. The van der Waals surface area contributed by atoms with E-state index in [9.17, 15) is 4.79 Å². The highest BCUT2D eigenvalue weighted by atomic mass is 79.9. The number of rotatable bonds is 7. The van der Waals surface area contributed by atoms with Gasteiger partial charge >= 0.3 is 0 Å². The van der Waals surface area contributed by atoms with Crippen molar-refractivity contribution in [3.05, 3.63) is 64.4 Å². The average molecular weight is 474 g/mol. The van der Waals surface area contributed by atoms with Crippen LogP contribution in [-0.4, -0.2) is 45.4 Å². The summed E-state index contributed by atoms with van der Waals surface area (Å²) in [5.41, 5.74) is 2.83. The molecule has 2 aromatic carbocycles. The van der Waals surface area contributed by atoms with E-state index in [1.165, 1.54) is 11.8 Å². The summed E-state index contributed by atoms with van der Waals surface area (Å²) < 4.78 is 3.04. The van der Waals surface area contributed by atoms with Crippen molar-refractivity contribution in [3.8, 4) is 5.69 Å². The molecule has 3 aromatic rings. The first-order valence-corrected chi connectivity index (χ1v) is 11.0. The van der Waals surface area contributed by atoms with E-state index in [1.54, 1.807) is 0 Å². The molecule has 0 saturated carbocycles. The summed E-state index contributed by atoms with van der Waals surface area (Å²) in [6.45, 7) is 4.07. The van der Waals surface area contributed by atoms with Crippen LogP contribution in [0.3, 0.4) is 0 Å². The number of nitrogens with zero attached hydrogens (tertiary/aromatic N) is 4. The van der Waals surface area contributed by atoms with Crippen molar-refractivity contribution >= 4 is 39.3 Å². The van der Waals surface area contributed by atoms with Crippen LogP contribution in [0.2, 0.25) is 0 Å². The standard InChI is InChI=1S/C21H24BrN5OS/c1-14-12-16(10-11-18(14)22)23-19(28)13-29-21-25-24-20(15(2)26(3)4)27(21)17-8-6-5-7-9-17/h5-12,15H,13H2,1-4H3,(H,23,28).